The Bertz CT molecular complexity index is 123. The van der Waals surface area contributed by atoms with Crippen LogP contribution in [0.1, 0.15) is 33.1 Å². The third kappa shape index (κ3) is 6.16. The van der Waals surface area contributed by atoms with Crippen LogP contribution in [-0.2, 0) is 14.3 Å². The Morgan fingerprint density at radius 3 is 2.67 bits per heavy atom. The topological polar surface area (TPSA) is 35.5 Å². The summed E-state index contributed by atoms with van der Waals surface area (Å²) in [5, 5.41) is 0. The van der Waals surface area contributed by atoms with Gasteiger partial charge in [0.15, 0.2) is 0 Å². The van der Waals surface area contributed by atoms with E-state index in [1.54, 1.807) is 0 Å². The average Bonchev–Trinajstić information content (AvgIpc) is 2.02. The first-order valence-electron chi connectivity index (χ1n) is 4.28. The van der Waals surface area contributed by atoms with Crippen molar-refractivity contribution in [3.63, 3.8) is 0 Å². The molecule has 0 amide bonds. The zero-order valence-corrected chi connectivity index (χ0v) is 7.84. The predicted molar refractivity (Wildman–Crippen MR) is 46.4 cm³/mol. The molecule has 1 radical (unpaired) electrons. The first kappa shape index (κ1) is 11.4. The minimum Gasteiger partial charge on any atom is -0.436 e. The van der Waals surface area contributed by atoms with E-state index in [0.29, 0.717) is 13.0 Å². The number of unbranched alkanes of at least 4 members (excludes halogenated alkanes) is 1. The van der Waals surface area contributed by atoms with Crippen LogP contribution < -0.4 is 0 Å². The van der Waals surface area contributed by atoms with E-state index >= 15 is 0 Å². The lowest BCUT2D eigenvalue weighted by Crippen LogP contribution is -2.19. The Morgan fingerprint density at radius 1 is 1.58 bits per heavy atom. The maximum Gasteiger partial charge on any atom is 0.304 e. The molecule has 12 heavy (non-hydrogen) atoms. The van der Waals surface area contributed by atoms with Gasteiger partial charge in [-0.05, 0) is 13.3 Å². The van der Waals surface area contributed by atoms with Crippen LogP contribution in [0.5, 0.6) is 0 Å². The minimum atomic E-state index is -0.464. The van der Waals surface area contributed by atoms with Gasteiger partial charge in [-0.2, -0.15) is 0 Å². The summed E-state index contributed by atoms with van der Waals surface area (Å²) in [5.74, 6) is -0.319. The molecule has 0 aliphatic carbocycles. The van der Waals surface area contributed by atoms with Gasteiger partial charge in [0.1, 0.15) is 0 Å². The molecule has 0 saturated carbocycles. The fourth-order valence-corrected chi connectivity index (χ4v) is 0.721. The van der Waals surface area contributed by atoms with Gasteiger partial charge in [0.05, 0.1) is 6.61 Å². The van der Waals surface area contributed by atoms with Gasteiger partial charge in [-0.3, -0.25) is 4.79 Å². The zero-order valence-electron chi connectivity index (χ0n) is 7.84. The Balaban J connectivity index is 3.46. The van der Waals surface area contributed by atoms with Gasteiger partial charge in [0.25, 0.3) is 0 Å². The van der Waals surface area contributed by atoms with E-state index in [9.17, 15) is 4.79 Å². The molecular formula is C9H17O3. The molecule has 0 aliphatic rings. The van der Waals surface area contributed by atoms with Crippen LogP contribution in [-0.4, -0.2) is 18.9 Å². The molecule has 0 bridgehead atoms. The van der Waals surface area contributed by atoms with Gasteiger partial charge < -0.3 is 9.47 Å². The summed E-state index contributed by atoms with van der Waals surface area (Å²) in [7, 11) is 0. The number of rotatable bonds is 6. The van der Waals surface area contributed by atoms with E-state index in [-0.39, 0.29) is 5.97 Å². The maximum atomic E-state index is 10.5. The summed E-state index contributed by atoms with van der Waals surface area (Å²) in [6.07, 6.45) is 2.05. The molecule has 3 heteroatoms. The molecule has 0 aromatic heterocycles. The highest BCUT2D eigenvalue weighted by molar-refractivity contribution is 5.66. The van der Waals surface area contributed by atoms with Crippen LogP contribution in [0.25, 0.3) is 0 Å². The molecule has 0 aliphatic heterocycles. The van der Waals surface area contributed by atoms with Crippen molar-refractivity contribution >= 4 is 5.97 Å². The summed E-state index contributed by atoms with van der Waals surface area (Å²) >= 11 is 0. The van der Waals surface area contributed by atoms with Gasteiger partial charge in [-0.1, -0.05) is 13.3 Å². The summed E-state index contributed by atoms with van der Waals surface area (Å²) in [4.78, 5) is 10.5. The molecule has 71 valence electrons. The molecule has 0 N–H and O–H groups in total. The SMILES string of the molecule is [CH2]CC(OCCCC)OC(C)=O. The van der Waals surface area contributed by atoms with Crippen molar-refractivity contribution in [3.05, 3.63) is 6.92 Å². The number of hydrogen-bond donors (Lipinski definition) is 0. The van der Waals surface area contributed by atoms with Gasteiger partial charge >= 0.3 is 5.97 Å². The smallest absolute Gasteiger partial charge is 0.304 e. The Morgan fingerprint density at radius 2 is 2.25 bits per heavy atom. The lowest BCUT2D eigenvalue weighted by atomic mass is 10.3. The Hall–Kier alpha value is -0.570. The second-order valence-electron chi connectivity index (χ2n) is 2.55. The van der Waals surface area contributed by atoms with E-state index < -0.39 is 6.29 Å². The van der Waals surface area contributed by atoms with Gasteiger partial charge in [-0.15, -0.1) is 0 Å². The number of carbonyl (C=O) groups excluding carboxylic acids is 1. The number of ether oxygens (including phenoxy) is 2. The quantitative estimate of drug-likeness (QED) is 0.349. The molecule has 0 fully saturated rings. The first-order chi connectivity index (χ1) is 5.70. The molecule has 0 spiro atoms. The predicted octanol–water partition coefficient (Wildman–Crippen LogP) is 1.92. The van der Waals surface area contributed by atoms with E-state index in [1.165, 1.54) is 6.92 Å². The first-order valence-corrected chi connectivity index (χ1v) is 4.28. The van der Waals surface area contributed by atoms with E-state index in [0.717, 1.165) is 12.8 Å². The number of hydrogen-bond acceptors (Lipinski definition) is 3. The third-order valence-electron chi connectivity index (χ3n) is 1.33. The van der Waals surface area contributed by atoms with Crippen molar-refractivity contribution in [2.45, 2.75) is 39.4 Å². The van der Waals surface area contributed by atoms with Crippen molar-refractivity contribution in [3.8, 4) is 0 Å². The molecule has 0 aromatic rings. The van der Waals surface area contributed by atoms with Crippen LogP contribution >= 0.6 is 0 Å². The summed E-state index contributed by atoms with van der Waals surface area (Å²) in [6.45, 7) is 7.69. The van der Waals surface area contributed by atoms with Gasteiger partial charge in [0, 0.05) is 13.3 Å². The number of esters is 1. The van der Waals surface area contributed by atoms with Crippen LogP contribution in [0.4, 0.5) is 0 Å². The molecule has 1 unspecified atom stereocenters. The van der Waals surface area contributed by atoms with E-state index in [1.807, 2.05) is 0 Å². The molecule has 1 atom stereocenters. The summed E-state index contributed by atoms with van der Waals surface area (Å²) in [5.41, 5.74) is 0. The highest BCUT2D eigenvalue weighted by Gasteiger charge is 2.08. The molecule has 3 nitrogen and oxygen atoms in total. The fourth-order valence-electron chi connectivity index (χ4n) is 0.721. The average molecular weight is 173 g/mol. The molecule has 0 saturated heterocycles. The van der Waals surface area contributed by atoms with Crippen LogP contribution in [0.15, 0.2) is 0 Å². The largest absolute Gasteiger partial charge is 0.436 e. The van der Waals surface area contributed by atoms with E-state index in [4.69, 9.17) is 9.47 Å². The minimum absolute atomic E-state index is 0.319. The van der Waals surface area contributed by atoms with E-state index in [2.05, 4.69) is 13.8 Å². The standard InChI is InChI=1S/C9H17O3/c1-4-6-7-11-9(5-2)12-8(3)10/h9H,2,4-7H2,1,3H3. The fraction of sp³-hybridized carbons (Fsp3) is 0.778. The van der Waals surface area contributed by atoms with Crippen LogP contribution in [0.2, 0.25) is 0 Å². The normalized spacial score (nSPS) is 12.6. The number of carbonyl (C=O) groups is 1. The molecular weight excluding hydrogens is 156 g/mol. The Kier molecular flexibility index (Phi) is 6.76. The van der Waals surface area contributed by atoms with Crippen molar-refractivity contribution in [1.29, 1.82) is 0 Å². The zero-order chi connectivity index (χ0) is 9.40. The molecule has 0 rings (SSSR count). The third-order valence-corrected chi connectivity index (χ3v) is 1.33. The summed E-state index contributed by atoms with van der Waals surface area (Å²) in [6, 6.07) is 0. The molecule has 0 heterocycles. The lowest BCUT2D eigenvalue weighted by Gasteiger charge is -2.15. The van der Waals surface area contributed by atoms with Crippen molar-refractivity contribution in [2.75, 3.05) is 6.61 Å². The second-order valence-corrected chi connectivity index (χ2v) is 2.55. The monoisotopic (exact) mass is 173 g/mol. The summed E-state index contributed by atoms with van der Waals surface area (Å²) < 4.78 is 10.1. The lowest BCUT2D eigenvalue weighted by molar-refractivity contribution is -0.175. The highest BCUT2D eigenvalue weighted by atomic mass is 16.7. The van der Waals surface area contributed by atoms with Gasteiger partial charge in [0.2, 0.25) is 6.29 Å². The van der Waals surface area contributed by atoms with Crippen LogP contribution in [0.3, 0.4) is 0 Å². The maximum absolute atomic E-state index is 10.5. The second kappa shape index (κ2) is 7.10. The van der Waals surface area contributed by atoms with Crippen LogP contribution in [0, 0.1) is 6.92 Å². The van der Waals surface area contributed by atoms with Crippen molar-refractivity contribution in [2.24, 2.45) is 0 Å². The van der Waals surface area contributed by atoms with Gasteiger partial charge in [-0.25, -0.2) is 0 Å². The Labute approximate surface area is 74.0 Å². The van der Waals surface area contributed by atoms with Crippen molar-refractivity contribution < 1.29 is 14.3 Å². The van der Waals surface area contributed by atoms with Crippen molar-refractivity contribution in [1.82, 2.24) is 0 Å². The highest BCUT2D eigenvalue weighted by Crippen LogP contribution is 2.01. The molecule has 0 aromatic carbocycles.